The molecule has 123 heavy (non-hydrogen) atoms. The predicted octanol–water partition coefficient (Wildman–Crippen LogP) is 3.15. The Hall–Kier alpha value is -12.2. The van der Waals surface area contributed by atoms with Gasteiger partial charge in [-0.15, -0.1) is 0 Å². The topological polar surface area (TPSA) is 501 Å². The predicted molar refractivity (Wildman–Crippen MR) is 450 cm³/mol. The van der Waals surface area contributed by atoms with Crippen molar-refractivity contribution in [2.45, 2.75) is 137 Å². The minimum atomic E-state index is -3.38. The van der Waals surface area contributed by atoms with Gasteiger partial charge in [0.25, 0.3) is 35.4 Å². The quantitative estimate of drug-likeness (QED) is 0.0369. The zero-order valence-electron chi connectivity index (χ0n) is 68.3. The normalized spacial score (nSPS) is 21.5. The van der Waals surface area contributed by atoms with Gasteiger partial charge in [0, 0.05) is 137 Å². The number of rotatable bonds is 21. The van der Waals surface area contributed by atoms with E-state index in [1.54, 1.807) is 54.6 Å². The summed E-state index contributed by atoms with van der Waals surface area (Å²) in [5, 5.41) is 20.3. The lowest BCUT2D eigenvalue weighted by Crippen LogP contribution is -2.54. The number of fused-ring (bicyclic) bond motifs is 2. The molecule has 11 N–H and O–H groups in total. The average molecular weight is 1730 g/mol. The number of amides is 12. The minimum absolute atomic E-state index is 0.00343. The van der Waals surface area contributed by atoms with Crippen molar-refractivity contribution in [1.29, 1.82) is 0 Å². The molecular formula is C84H100N20O17S2. The van der Waals surface area contributed by atoms with Crippen molar-refractivity contribution in [3.05, 3.63) is 131 Å². The Labute approximate surface area is 710 Å². The van der Waals surface area contributed by atoms with E-state index < -0.39 is 90.8 Å². The van der Waals surface area contributed by atoms with Crippen LogP contribution < -0.4 is 68.3 Å². The highest BCUT2D eigenvalue weighted by molar-refractivity contribution is 7.91. The molecular weight excluding hydrogens is 1630 g/mol. The number of aldehydes is 1. The van der Waals surface area contributed by atoms with Gasteiger partial charge in [-0.2, -0.15) is 0 Å². The van der Waals surface area contributed by atoms with Crippen LogP contribution in [-0.2, 0) is 53.2 Å². The van der Waals surface area contributed by atoms with Gasteiger partial charge in [0.05, 0.1) is 44.4 Å². The van der Waals surface area contributed by atoms with E-state index >= 15 is 0 Å². The smallest absolute Gasteiger partial charge is 0.271 e. The fourth-order valence-corrected chi connectivity index (χ4v) is 18.8. The molecule has 16 rings (SSSR count). The summed E-state index contributed by atoms with van der Waals surface area (Å²) in [5.74, 6) is -3.43. The van der Waals surface area contributed by atoms with E-state index in [0.29, 0.717) is 61.7 Å². The third-order valence-electron chi connectivity index (χ3n) is 24.4. The summed E-state index contributed by atoms with van der Waals surface area (Å²) >= 11 is 0. The van der Waals surface area contributed by atoms with E-state index in [0.717, 1.165) is 169 Å². The zero-order chi connectivity index (χ0) is 87.1. The maximum absolute atomic E-state index is 13.5. The molecule has 8 saturated heterocycles. The number of sulfone groups is 2. The van der Waals surface area contributed by atoms with Crippen LogP contribution in [0.3, 0.4) is 0 Å². The number of imide groups is 4. The highest BCUT2D eigenvalue weighted by Gasteiger charge is 2.47. The number of nitrogens with one attached hydrogen (secondary N) is 7. The van der Waals surface area contributed by atoms with E-state index in [9.17, 15) is 79.2 Å². The number of primary amides is 2. The molecule has 12 amide bonds. The number of nitrogens with two attached hydrogens (primary N) is 2. The molecule has 12 heterocycles. The molecule has 4 atom stereocenters. The molecule has 4 aromatic carbocycles. The molecule has 650 valence electrons. The molecule has 39 heteroatoms. The lowest BCUT2D eigenvalue weighted by molar-refractivity contribution is -0.137. The number of aromatic nitrogens is 4. The lowest BCUT2D eigenvalue weighted by atomic mass is 9.91. The first-order valence-corrected chi connectivity index (χ1v) is 45.4. The molecule has 10 aliphatic rings. The Morgan fingerprint density at radius 3 is 1.28 bits per heavy atom. The maximum atomic E-state index is 13.5. The number of piperidine rings is 8. The number of hydrogen-bond donors (Lipinski definition) is 9. The Morgan fingerprint density at radius 2 is 0.886 bits per heavy atom. The molecule has 0 saturated carbocycles. The average Bonchev–Trinajstić information content (AvgIpc) is 1.64. The molecule has 0 bridgehead atoms. The van der Waals surface area contributed by atoms with Crippen LogP contribution in [0.4, 0.5) is 46.0 Å². The zero-order valence-corrected chi connectivity index (χ0v) is 69.9. The number of anilines is 8. The number of carbonyl (C=O) groups is 13. The summed E-state index contributed by atoms with van der Waals surface area (Å²) in [6.45, 7) is 9.94. The van der Waals surface area contributed by atoms with Gasteiger partial charge < -0.3 is 67.3 Å². The highest BCUT2D eigenvalue weighted by atomic mass is 32.2. The second kappa shape index (κ2) is 37.6. The molecule has 8 fully saturated rings. The Morgan fingerprint density at radius 1 is 0.480 bits per heavy atom. The fourth-order valence-electron chi connectivity index (χ4n) is 17.5. The summed E-state index contributed by atoms with van der Waals surface area (Å²) in [4.78, 5) is 192. The summed E-state index contributed by atoms with van der Waals surface area (Å²) in [6.07, 6.45) is 16.8. The van der Waals surface area contributed by atoms with Crippen LogP contribution >= 0.6 is 0 Å². The number of likely N-dealkylation sites (tertiary alicyclic amines) is 1. The van der Waals surface area contributed by atoms with Gasteiger partial charge >= 0.3 is 0 Å². The van der Waals surface area contributed by atoms with Gasteiger partial charge in [0.15, 0.2) is 42.7 Å². The standard InChI is InChI=1S/C42H50N10O8S.C23H31N7O4S.C19H19N3O5/c1-61(59,60)30-7-4-27(5-8-30)45-38-36(37(43)54)44-22-34(47-38)51-16-2-3-28(24-51)46-39(55)26-14-17-49(18-15-26)23-25-12-19-50(20-13-25)29-6-9-31-32(21-29)42(58)52(41(31)57)33-10-11-35(53)48-40(33)56;1-35(33,34)18-6-4-16(5-7-18)27-22-20(21(24)31)26-13-19(29-22)30-12-2-3-17(14-30)28-23(32)15-8-10-25-11-9-15;23-10-11-5-7-21(8-6-11)12-1-2-13-14(9-12)19(27)22(18(13)26)15-3-4-16(24)20-17(15)25/h4-9,21-22,25-26,28,33H,2-3,10-20,23-24H2,1H3,(H2,43,54)(H,45,47)(H,46,55)(H,48,53,56);4-7,13,15,17,25H,2-3,8-12,14H2,1H3,(H2,24,31)(H,27,29)(H,28,32);1-2,9-11,15H,3-8H2,(H,20,24,25). The SMILES string of the molecule is CS(=O)(=O)c1ccc(Nc2nc(N3CCCC(NC(=O)C4CCN(CC5CCN(c6ccc7c(c6)C(=O)N(C6CCC(=O)NC6=O)C7=O)CC5)CC4)C3)cnc2C(N)=O)cc1.CS(=O)(=O)c1ccc(Nc2nc(N3CCCC(NC(=O)C4CCNCC4)C3)cnc2C(N)=O)cc1.O=CC1CCN(c2ccc3c(c2)C(=O)N(C2CCC(=O)NC2=O)C3=O)CC1. The van der Waals surface area contributed by atoms with Gasteiger partial charge in [0.2, 0.25) is 35.4 Å². The second-order valence-electron chi connectivity index (χ2n) is 32.9. The van der Waals surface area contributed by atoms with E-state index in [4.69, 9.17) is 11.5 Å². The summed E-state index contributed by atoms with van der Waals surface area (Å²) in [6, 6.07) is 20.5. The lowest BCUT2D eigenvalue weighted by Gasteiger charge is -2.39. The monoisotopic (exact) mass is 1720 g/mol. The molecule has 37 nitrogen and oxygen atoms in total. The van der Waals surface area contributed by atoms with Gasteiger partial charge in [-0.3, -0.25) is 78.0 Å². The Bertz CT molecular complexity index is 5380. The maximum Gasteiger partial charge on any atom is 0.271 e. The minimum Gasteiger partial charge on any atom is -0.371 e. The van der Waals surface area contributed by atoms with Crippen LogP contribution in [-0.4, -0.2) is 250 Å². The van der Waals surface area contributed by atoms with Crippen molar-refractivity contribution in [3.63, 3.8) is 0 Å². The van der Waals surface area contributed by atoms with Gasteiger partial charge in [0.1, 0.15) is 30.0 Å². The van der Waals surface area contributed by atoms with Crippen molar-refractivity contribution in [2.24, 2.45) is 35.1 Å². The van der Waals surface area contributed by atoms with E-state index in [1.807, 2.05) is 15.9 Å². The summed E-state index contributed by atoms with van der Waals surface area (Å²) < 4.78 is 47.2. The molecule has 10 aliphatic heterocycles. The van der Waals surface area contributed by atoms with Crippen molar-refractivity contribution < 1.29 is 79.2 Å². The van der Waals surface area contributed by atoms with Crippen LogP contribution in [0.15, 0.2) is 107 Å². The third-order valence-corrected chi connectivity index (χ3v) is 26.6. The van der Waals surface area contributed by atoms with Crippen LogP contribution in [0, 0.1) is 23.7 Å². The second-order valence-corrected chi connectivity index (χ2v) is 36.9. The van der Waals surface area contributed by atoms with Crippen LogP contribution in [0.25, 0.3) is 0 Å². The molecule has 0 aliphatic carbocycles. The molecule has 4 unspecified atom stereocenters. The van der Waals surface area contributed by atoms with Crippen LogP contribution in [0.2, 0.25) is 0 Å². The van der Waals surface area contributed by atoms with Gasteiger partial charge in [-0.1, -0.05) is 0 Å². The van der Waals surface area contributed by atoms with Gasteiger partial charge in [-0.05, 0) is 207 Å². The number of hydrogen-bond acceptors (Lipinski definition) is 29. The largest absolute Gasteiger partial charge is 0.371 e. The van der Waals surface area contributed by atoms with Crippen molar-refractivity contribution in [1.82, 2.24) is 61.2 Å². The third kappa shape index (κ3) is 20.4. The van der Waals surface area contributed by atoms with Crippen LogP contribution in [0.5, 0.6) is 0 Å². The molecule has 6 aromatic rings. The van der Waals surface area contributed by atoms with E-state index in [1.165, 1.54) is 36.7 Å². The van der Waals surface area contributed by atoms with Crippen LogP contribution in [0.1, 0.15) is 165 Å². The van der Waals surface area contributed by atoms with Crippen molar-refractivity contribution in [3.8, 4) is 0 Å². The summed E-state index contributed by atoms with van der Waals surface area (Å²) in [7, 11) is -6.70. The van der Waals surface area contributed by atoms with E-state index in [-0.39, 0.29) is 122 Å². The molecule has 2 aromatic heterocycles. The van der Waals surface area contributed by atoms with Crippen molar-refractivity contribution >= 4 is 143 Å². The first-order chi connectivity index (χ1) is 58.9. The summed E-state index contributed by atoms with van der Waals surface area (Å²) in [5.41, 5.74) is 14.9. The Balaban J connectivity index is 0.000000167. The number of nitrogens with zero attached hydrogens (tertiary/aromatic N) is 11. The first kappa shape index (κ1) is 87.1. The Kier molecular flexibility index (Phi) is 26.7. The van der Waals surface area contributed by atoms with Crippen molar-refractivity contribution in [2.75, 3.05) is 128 Å². The molecule has 0 spiro atoms. The number of carbonyl (C=O) groups excluding carboxylic acids is 13. The van der Waals surface area contributed by atoms with Gasteiger partial charge in [-0.25, -0.2) is 36.8 Å². The van der Waals surface area contributed by atoms with E-state index in [2.05, 4.69) is 71.9 Å². The fraction of sp³-hybridized carbons (Fsp3) is 0.464. The first-order valence-electron chi connectivity index (χ1n) is 41.6. The number of benzene rings is 4. The highest BCUT2D eigenvalue weighted by Crippen LogP contribution is 2.37. The molecule has 0 radical (unpaired) electrons.